The Hall–Kier alpha value is 0.0969. The van der Waals surface area contributed by atoms with Gasteiger partial charge in [-0.15, -0.1) is 0 Å². The molecule has 1 aliphatic rings. The number of hydrogen-bond acceptors (Lipinski definition) is 3. The van der Waals surface area contributed by atoms with E-state index in [0.29, 0.717) is 5.79 Å². The second-order valence-corrected chi connectivity index (χ2v) is 10.6. The zero-order valence-corrected chi connectivity index (χ0v) is 10.8. The van der Waals surface area contributed by atoms with Crippen LogP contribution in [0.15, 0.2) is 0 Å². The standard InChI is InChI=1S/C9H23N3Si/c1-10-7-11(2)9(12(3)8-10)13(4,5)6/h9H,7-8H2,1-6H3. The Bertz CT molecular complexity index is 166. The van der Waals surface area contributed by atoms with Gasteiger partial charge in [-0.25, -0.2) is 0 Å². The van der Waals surface area contributed by atoms with Gasteiger partial charge in [-0.3, -0.25) is 14.7 Å². The smallest absolute Gasteiger partial charge is 0.0822 e. The van der Waals surface area contributed by atoms with Crippen LogP contribution in [0.2, 0.25) is 19.6 Å². The molecule has 0 aliphatic carbocycles. The van der Waals surface area contributed by atoms with Crippen molar-refractivity contribution >= 4 is 8.07 Å². The third-order valence-corrected chi connectivity index (χ3v) is 4.97. The highest BCUT2D eigenvalue weighted by molar-refractivity contribution is 6.77. The molecule has 1 fully saturated rings. The summed E-state index contributed by atoms with van der Waals surface area (Å²) in [6.07, 6.45) is 0. The molecule has 4 heteroatoms. The monoisotopic (exact) mass is 201 g/mol. The zero-order chi connectivity index (χ0) is 10.2. The predicted octanol–water partition coefficient (Wildman–Crippen LogP) is 0.914. The molecule has 0 unspecified atom stereocenters. The van der Waals surface area contributed by atoms with Gasteiger partial charge in [-0.05, 0) is 21.1 Å². The van der Waals surface area contributed by atoms with E-state index < -0.39 is 8.07 Å². The lowest BCUT2D eigenvalue weighted by Crippen LogP contribution is -2.65. The molecule has 0 N–H and O–H groups in total. The van der Waals surface area contributed by atoms with E-state index in [4.69, 9.17) is 0 Å². The summed E-state index contributed by atoms with van der Waals surface area (Å²) in [6, 6.07) is 0. The van der Waals surface area contributed by atoms with E-state index in [1.165, 1.54) is 0 Å². The first-order valence-electron chi connectivity index (χ1n) is 4.91. The van der Waals surface area contributed by atoms with Crippen LogP contribution in [0, 0.1) is 0 Å². The number of nitrogens with zero attached hydrogens (tertiary/aromatic N) is 3. The lowest BCUT2D eigenvalue weighted by Gasteiger charge is -2.49. The van der Waals surface area contributed by atoms with Crippen LogP contribution in [0.3, 0.4) is 0 Å². The predicted molar refractivity (Wildman–Crippen MR) is 60.2 cm³/mol. The summed E-state index contributed by atoms with van der Waals surface area (Å²) in [5, 5.41) is 0. The fourth-order valence-corrected chi connectivity index (χ4v) is 5.43. The summed E-state index contributed by atoms with van der Waals surface area (Å²) in [7, 11) is 5.55. The summed E-state index contributed by atoms with van der Waals surface area (Å²) in [4.78, 5) is 7.28. The Kier molecular flexibility index (Phi) is 3.17. The van der Waals surface area contributed by atoms with Gasteiger partial charge in [-0.1, -0.05) is 19.6 Å². The van der Waals surface area contributed by atoms with Gasteiger partial charge in [0.15, 0.2) is 0 Å². The lowest BCUT2D eigenvalue weighted by atomic mass is 10.5. The Morgan fingerprint density at radius 3 is 1.62 bits per heavy atom. The topological polar surface area (TPSA) is 9.72 Å². The molecule has 0 bridgehead atoms. The first-order valence-corrected chi connectivity index (χ1v) is 8.49. The number of hydrogen-bond donors (Lipinski definition) is 0. The van der Waals surface area contributed by atoms with E-state index in [1.54, 1.807) is 0 Å². The van der Waals surface area contributed by atoms with Gasteiger partial charge in [0.05, 0.1) is 27.2 Å². The Labute approximate surface area is 83.3 Å². The van der Waals surface area contributed by atoms with E-state index in [-0.39, 0.29) is 0 Å². The van der Waals surface area contributed by atoms with Gasteiger partial charge in [0.1, 0.15) is 0 Å². The first kappa shape index (κ1) is 11.2. The molecular weight excluding hydrogens is 178 g/mol. The second kappa shape index (κ2) is 3.69. The van der Waals surface area contributed by atoms with Crippen molar-refractivity contribution < 1.29 is 0 Å². The molecule has 0 aromatic carbocycles. The van der Waals surface area contributed by atoms with Gasteiger partial charge in [0.25, 0.3) is 0 Å². The highest BCUT2D eigenvalue weighted by atomic mass is 28.3. The zero-order valence-electron chi connectivity index (χ0n) is 9.83. The van der Waals surface area contributed by atoms with E-state index in [0.717, 1.165) is 13.3 Å². The summed E-state index contributed by atoms with van der Waals surface area (Å²) < 4.78 is 0. The first-order chi connectivity index (χ1) is 5.82. The van der Waals surface area contributed by atoms with Crippen molar-refractivity contribution in [3.05, 3.63) is 0 Å². The Morgan fingerprint density at radius 2 is 1.31 bits per heavy atom. The van der Waals surface area contributed by atoms with Crippen molar-refractivity contribution in [2.75, 3.05) is 34.5 Å². The molecule has 0 aromatic heterocycles. The van der Waals surface area contributed by atoms with Gasteiger partial charge < -0.3 is 0 Å². The largest absolute Gasteiger partial charge is 0.281 e. The molecule has 13 heavy (non-hydrogen) atoms. The van der Waals surface area contributed by atoms with E-state index in [2.05, 4.69) is 55.5 Å². The van der Waals surface area contributed by atoms with Crippen LogP contribution < -0.4 is 0 Å². The molecule has 0 aromatic rings. The molecule has 3 nitrogen and oxygen atoms in total. The Balaban J connectivity index is 2.73. The molecule has 0 amide bonds. The third kappa shape index (κ3) is 2.53. The third-order valence-electron chi connectivity index (χ3n) is 2.54. The van der Waals surface area contributed by atoms with Gasteiger partial charge in [0.2, 0.25) is 0 Å². The van der Waals surface area contributed by atoms with Crippen LogP contribution in [-0.4, -0.2) is 63.0 Å². The van der Waals surface area contributed by atoms with Crippen LogP contribution in [0.1, 0.15) is 0 Å². The minimum Gasteiger partial charge on any atom is -0.281 e. The Morgan fingerprint density at radius 1 is 0.923 bits per heavy atom. The minimum absolute atomic E-state index is 0.684. The highest BCUT2D eigenvalue weighted by Gasteiger charge is 2.36. The fraction of sp³-hybridized carbons (Fsp3) is 1.00. The van der Waals surface area contributed by atoms with Crippen molar-refractivity contribution in [2.45, 2.75) is 25.4 Å². The van der Waals surface area contributed by atoms with Crippen LogP contribution in [0.4, 0.5) is 0 Å². The van der Waals surface area contributed by atoms with Crippen molar-refractivity contribution in [3.8, 4) is 0 Å². The molecular formula is C9H23N3Si. The molecule has 0 radical (unpaired) electrons. The molecule has 0 atom stereocenters. The molecule has 1 saturated heterocycles. The van der Waals surface area contributed by atoms with E-state index in [1.807, 2.05) is 0 Å². The van der Waals surface area contributed by atoms with Crippen molar-refractivity contribution in [2.24, 2.45) is 0 Å². The van der Waals surface area contributed by atoms with Gasteiger partial charge >= 0.3 is 0 Å². The van der Waals surface area contributed by atoms with Gasteiger partial charge in [-0.2, -0.15) is 0 Å². The maximum atomic E-state index is 2.47. The molecule has 0 saturated carbocycles. The summed E-state index contributed by atoms with van der Waals surface area (Å²) in [5.74, 6) is 0.684. The van der Waals surface area contributed by atoms with Crippen LogP contribution >= 0.6 is 0 Å². The molecule has 1 aliphatic heterocycles. The van der Waals surface area contributed by atoms with Crippen LogP contribution in [-0.2, 0) is 0 Å². The van der Waals surface area contributed by atoms with Crippen LogP contribution in [0.5, 0.6) is 0 Å². The molecule has 1 heterocycles. The second-order valence-electron chi connectivity index (χ2n) is 5.39. The molecule has 1 rings (SSSR count). The average molecular weight is 201 g/mol. The number of rotatable bonds is 1. The summed E-state index contributed by atoms with van der Waals surface area (Å²) in [5.41, 5.74) is 0. The van der Waals surface area contributed by atoms with E-state index in [9.17, 15) is 0 Å². The lowest BCUT2D eigenvalue weighted by molar-refractivity contribution is -0.0127. The van der Waals surface area contributed by atoms with Crippen molar-refractivity contribution in [3.63, 3.8) is 0 Å². The van der Waals surface area contributed by atoms with Gasteiger partial charge in [0, 0.05) is 0 Å². The molecule has 78 valence electrons. The van der Waals surface area contributed by atoms with Crippen molar-refractivity contribution in [1.82, 2.24) is 14.7 Å². The SMILES string of the molecule is CN1CN(C)C([Si](C)(C)C)N(C)C1. The minimum atomic E-state index is -1.09. The maximum absolute atomic E-state index is 2.47. The maximum Gasteiger partial charge on any atom is 0.0822 e. The summed E-state index contributed by atoms with van der Waals surface area (Å²) >= 11 is 0. The van der Waals surface area contributed by atoms with Crippen LogP contribution in [0.25, 0.3) is 0 Å². The molecule has 0 spiro atoms. The quantitative estimate of drug-likeness (QED) is 0.584. The highest BCUT2D eigenvalue weighted by Crippen LogP contribution is 2.20. The van der Waals surface area contributed by atoms with E-state index >= 15 is 0 Å². The average Bonchev–Trinajstić information content (AvgIpc) is 1.78. The normalized spacial score (nSPS) is 25.4. The summed E-state index contributed by atoms with van der Waals surface area (Å²) in [6.45, 7) is 9.51. The fourth-order valence-electron chi connectivity index (χ4n) is 2.62. The van der Waals surface area contributed by atoms with Crippen molar-refractivity contribution in [1.29, 1.82) is 0 Å².